The van der Waals surface area contributed by atoms with Gasteiger partial charge in [-0.15, -0.1) is 0 Å². The average molecular weight is 365 g/mol. The third-order valence-electron chi connectivity index (χ3n) is 3.33. The first kappa shape index (κ1) is 16.5. The van der Waals surface area contributed by atoms with Gasteiger partial charge in [0, 0.05) is 12.1 Å². The Morgan fingerprint density at radius 3 is 2.12 bits per heavy atom. The zero-order valence-electron chi connectivity index (χ0n) is 12.1. The van der Waals surface area contributed by atoms with E-state index in [1.165, 1.54) is 4.90 Å². The van der Waals surface area contributed by atoms with Crippen molar-refractivity contribution in [2.24, 2.45) is 0 Å². The van der Waals surface area contributed by atoms with E-state index in [0.717, 1.165) is 11.8 Å². The summed E-state index contributed by atoms with van der Waals surface area (Å²) in [5.41, 5.74) is 0.430. The number of amides is 5. The van der Waals surface area contributed by atoms with E-state index in [2.05, 4.69) is 10.6 Å². The molecule has 0 saturated carbocycles. The van der Waals surface area contributed by atoms with E-state index in [1.54, 1.807) is 30.3 Å². The number of para-hydroxylation sites is 1. The highest BCUT2D eigenvalue weighted by Crippen LogP contribution is 2.30. The minimum absolute atomic E-state index is 0.254. The largest absolute Gasteiger partial charge is 0.290 e. The molecule has 2 heterocycles. The first-order valence-electron chi connectivity index (χ1n) is 6.86. The smallest absolute Gasteiger partial charge is 0.288 e. The number of hydrogen-bond donors (Lipinski definition) is 2. The molecule has 124 valence electrons. The van der Waals surface area contributed by atoms with Crippen molar-refractivity contribution in [2.45, 2.75) is 17.0 Å². The summed E-state index contributed by atoms with van der Waals surface area (Å²) >= 11 is 1.43. The zero-order chi connectivity index (χ0) is 17.3. The summed E-state index contributed by atoms with van der Waals surface area (Å²) in [4.78, 5) is 60.2. The fourth-order valence-electron chi connectivity index (χ4n) is 2.30. The minimum Gasteiger partial charge on any atom is -0.290 e. The summed E-state index contributed by atoms with van der Waals surface area (Å²) in [6.45, 7) is 0. The molecule has 0 aliphatic carbocycles. The van der Waals surface area contributed by atoms with Gasteiger partial charge in [-0.05, 0) is 23.9 Å². The van der Waals surface area contributed by atoms with E-state index in [4.69, 9.17) is 0 Å². The van der Waals surface area contributed by atoms with Crippen molar-refractivity contribution < 1.29 is 24.0 Å². The van der Waals surface area contributed by atoms with E-state index in [9.17, 15) is 24.0 Å². The Morgan fingerprint density at radius 1 is 0.958 bits per heavy atom. The maximum atomic E-state index is 12.7. The summed E-state index contributed by atoms with van der Waals surface area (Å²) in [5.74, 6) is -1.65. The second-order valence-electron chi connectivity index (χ2n) is 4.93. The lowest BCUT2D eigenvalue weighted by Gasteiger charge is -2.26. The molecule has 2 N–H and O–H groups in total. The van der Waals surface area contributed by atoms with Crippen LogP contribution in [0.3, 0.4) is 0 Å². The second kappa shape index (κ2) is 6.65. The summed E-state index contributed by atoms with van der Waals surface area (Å²) < 4.78 is 0. The summed E-state index contributed by atoms with van der Waals surface area (Å²) in [5, 5.41) is 1.31. The zero-order valence-corrected chi connectivity index (χ0v) is 13.7. The van der Waals surface area contributed by atoms with Gasteiger partial charge in [-0.1, -0.05) is 30.0 Å². The lowest BCUT2D eigenvalue weighted by molar-refractivity contribution is -0.125. The maximum Gasteiger partial charge on any atom is 0.288 e. The summed E-state index contributed by atoms with van der Waals surface area (Å²) in [6.07, 6.45) is -0.254. The first-order valence-corrected chi connectivity index (χ1v) is 8.61. The van der Waals surface area contributed by atoms with Crippen LogP contribution in [-0.2, 0) is 14.4 Å². The molecule has 0 aromatic heterocycles. The maximum absolute atomic E-state index is 12.7. The fourth-order valence-corrected chi connectivity index (χ4v) is 3.98. The highest BCUT2D eigenvalue weighted by molar-refractivity contribution is 8.15. The molecule has 2 fully saturated rings. The van der Waals surface area contributed by atoms with Gasteiger partial charge in [0.1, 0.15) is 5.25 Å². The van der Waals surface area contributed by atoms with Gasteiger partial charge in [-0.25, -0.2) is 0 Å². The monoisotopic (exact) mass is 365 g/mol. The third kappa shape index (κ3) is 3.29. The minimum atomic E-state index is -1.04. The number of rotatable bonds is 4. The molecule has 0 radical (unpaired) electrons. The molecular formula is C14H11N3O5S2. The molecule has 3 rings (SSSR count). The number of hydrogen-bond acceptors (Lipinski definition) is 7. The topological polar surface area (TPSA) is 113 Å². The van der Waals surface area contributed by atoms with Gasteiger partial charge in [-0.3, -0.25) is 39.5 Å². The van der Waals surface area contributed by atoms with Crippen LogP contribution in [0.1, 0.15) is 6.42 Å². The molecule has 2 saturated heterocycles. The van der Waals surface area contributed by atoms with Crippen molar-refractivity contribution in [1.29, 1.82) is 0 Å². The van der Waals surface area contributed by atoms with E-state index in [0.29, 0.717) is 17.4 Å². The van der Waals surface area contributed by atoms with E-state index in [-0.39, 0.29) is 6.42 Å². The standard InChI is InChI=1S/C14H11N3O5S2/c18-9(6-8-10(19)15-13(21)23-8)17(7-4-2-1-3-5-7)12-11(20)16-14(22)24-12/h1-5,8,12H,6H2,(H,15,19,21)(H,16,20,22). The number of nitrogens with zero attached hydrogens (tertiary/aromatic N) is 1. The molecule has 2 aliphatic heterocycles. The van der Waals surface area contributed by atoms with Crippen LogP contribution >= 0.6 is 23.5 Å². The lowest BCUT2D eigenvalue weighted by Crippen LogP contribution is -2.45. The number of carbonyl (C=O) groups excluding carboxylic acids is 5. The molecule has 2 atom stereocenters. The predicted octanol–water partition coefficient (Wildman–Crippen LogP) is 1.07. The van der Waals surface area contributed by atoms with Crippen LogP contribution in [0.5, 0.6) is 0 Å². The number of imide groups is 2. The van der Waals surface area contributed by atoms with Gasteiger partial charge in [-0.2, -0.15) is 0 Å². The summed E-state index contributed by atoms with van der Waals surface area (Å²) in [6, 6.07) is 8.38. The molecular weight excluding hydrogens is 354 g/mol. The average Bonchev–Trinajstić information content (AvgIpc) is 3.02. The Hall–Kier alpha value is -2.33. The van der Waals surface area contributed by atoms with Gasteiger partial charge in [0.05, 0.1) is 0 Å². The molecule has 10 heteroatoms. The van der Waals surface area contributed by atoms with Crippen molar-refractivity contribution in [3.63, 3.8) is 0 Å². The predicted molar refractivity (Wildman–Crippen MR) is 88.4 cm³/mol. The third-order valence-corrected chi connectivity index (χ3v) is 5.28. The van der Waals surface area contributed by atoms with Crippen molar-refractivity contribution in [2.75, 3.05) is 4.90 Å². The van der Waals surface area contributed by atoms with E-state index in [1.807, 2.05) is 0 Å². The Bertz CT molecular complexity index is 739. The Balaban J connectivity index is 1.86. The number of benzene rings is 1. The normalized spacial score (nSPS) is 23.2. The summed E-state index contributed by atoms with van der Waals surface area (Å²) in [7, 11) is 0. The van der Waals surface area contributed by atoms with Crippen molar-refractivity contribution in [3.05, 3.63) is 30.3 Å². The van der Waals surface area contributed by atoms with Gasteiger partial charge in [0.15, 0.2) is 5.37 Å². The Labute approximate surface area is 144 Å². The fraction of sp³-hybridized carbons (Fsp3) is 0.214. The first-order chi connectivity index (χ1) is 11.5. The number of carbonyl (C=O) groups is 5. The van der Waals surface area contributed by atoms with Crippen molar-refractivity contribution >= 4 is 57.4 Å². The number of thioether (sulfide) groups is 2. The van der Waals surface area contributed by atoms with Crippen LogP contribution in [0.15, 0.2) is 30.3 Å². The lowest BCUT2D eigenvalue weighted by atomic mass is 10.2. The highest BCUT2D eigenvalue weighted by Gasteiger charge is 2.42. The number of nitrogens with one attached hydrogen (secondary N) is 2. The quantitative estimate of drug-likeness (QED) is 0.820. The molecule has 24 heavy (non-hydrogen) atoms. The molecule has 1 aromatic carbocycles. The van der Waals surface area contributed by atoms with Gasteiger partial charge >= 0.3 is 0 Å². The molecule has 1 aromatic rings. The van der Waals surface area contributed by atoms with E-state index >= 15 is 0 Å². The van der Waals surface area contributed by atoms with Gasteiger partial charge < -0.3 is 0 Å². The van der Waals surface area contributed by atoms with Gasteiger partial charge in [0.2, 0.25) is 11.8 Å². The Morgan fingerprint density at radius 2 is 1.58 bits per heavy atom. The molecule has 2 aliphatic rings. The Kier molecular flexibility index (Phi) is 4.58. The second-order valence-corrected chi connectivity index (χ2v) is 7.16. The molecule has 8 nitrogen and oxygen atoms in total. The van der Waals surface area contributed by atoms with Crippen LogP contribution in [0.4, 0.5) is 15.3 Å². The van der Waals surface area contributed by atoms with Crippen LogP contribution in [0.2, 0.25) is 0 Å². The van der Waals surface area contributed by atoms with Crippen molar-refractivity contribution in [3.8, 4) is 0 Å². The number of anilines is 1. The van der Waals surface area contributed by atoms with Crippen LogP contribution in [0.25, 0.3) is 0 Å². The van der Waals surface area contributed by atoms with Crippen LogP contribution in [-0.4, -0.2) is 38.8 Å². The van der Waals surface area contributed by atoms with E-state index < -0.39 is 38.8 Å². The van der Waals surface area contributed by atoms with Crippen molar-refractivity contribution in [1.82, 2.24) is 10.6 Å². The van der Waals surface area contributed by atoms with Crippen LogP contribution in [0, 0.1) is 0 Å². The molecule has 0 bridgehead atoms. The van der Waals surface area contributed by atoms with Crippen LogP contribution < -0.4 is 15.5 Å². The SMILES string of the molecule is O=C1NC(=O)C(CC(=O)N(c2ccccc2)C2SC(=O)NC2=O)S1. The van der Waals surface area contributed by atoms with Gasteiger partial charge in [0.25, 0.3) is 16.4 Å². The highest BCUT2D eigenvalue weighted by atomic mass is 32.2. The molecule has 5 amide bonds. The molecule has 2 unspecified atom stereocenters. The molecule has 0 spiro atoms.